The Morgan fingerprint density at radius 1 is 0.218 bits per heavy atom. The van der Waals surface area contributed by atoms with Gasteiger partial charge in [-0.3, -0.25) is 28.4 Å². The van der Waals surface area contributed by atoms with Crippen molar-refractivity contribution in [1.29, 1.82) is 0 Å². The molecule has 0 aromatic rings. The van der Waals surface area contributed by atoms with Crippen LogP contribution in [0.25, 0.3) is 0 Å². The Hall–Kier alpha value is -3.04. The first-order valence-electron chi connectivity index (χ1n) is 18.1. The molecule has 0 aliphatic heterocycles. The molecule has 6 atom stereocenters. The topological polar surface area (TPSA) is 186 Å². The zero-order chi connectivity index (χ0) is 63.3. The van der Waals surface area contributed by atoms with E-state index in [0.29, 0.717) is 0 Å². The number of alkyl halides is 36. The number of aliphatic hydroxyl groups is 6. The van der Waals surface area contributed by atoms with E-state index in [-0.39, 0.29) is 0 Å². The third-order valence-corrected chi connectivity index (χ3v) is 9.42. The van der Waals surface area contributed by atoms with Crippen molar-refractivity contribution in [3.05, 3.63) is 0 Å². The fourth-order valence-corrected chi connectivity index (χ4v) is 4.98. The first-order valence-corrected chi connectivity index (χ1v) is 18.1. The second kappa shape index (κ2) is 22.3. The summed E-state index contributed by atoms with van der Waals surface area (Å²) in [6.45, 7) is -35.0. The van der Waals surface area contributed by atoms with Crippen LogP contribution in [0, 0.1) is 10.8 Å². The summed E-state index contributed by atoms with van der Waals surface area (Å²) >= 11 is 0. The lowest BCUT2D eigenvalue weighted by atomic mass is 9.79. The van der Waals surface area contributed by atoms with Crippen molar-refractivity contribution >= 4 is 0 Å². The van der Waals surface area contributed by atoms with Crippen LogP contribution in [0.15, 0.2) is 0 Å². The molecule has 0 aromatic heterocycles. The highest BCUT2D eigenvalue weighted by molar-refractivity contribution is 5.07. The molecule has 78 heavy (non-hydrogen) atoms. The second-order valence-electron chi connectivity index (χ2n) is 14.6. The molecule has 0 spiro atoms. The Morgan fingerprint density at radius 2 is 0.359 bits per heavy atom. The lowest BCUT2D eigenvalue weighted by Gasteiger charge is -2.51. The van der Waals surface area contributed by atoms with E-state index in [1.54, 1.807) is 0 Å². The highest BCUT2D eigenvalue weighted by Gasteiger charge is 2.91. The number of hydrogen-bond donors (Lipinski definition) is 6. The predicted molar refractivity (Wildman–Crippen MR) is 158 cm³/mol. The Bertz CT molecular complexity index is 1620. The number of aliphatic hydroxyl groups excluding tert-OH is 6. The molecule has 0 amide bonds. The summed E-state index contributed by atoms with van der Waals surface area (Å²) in [6.07, 6.45) is -106. The molecule has 0 saturated carbocycles. The van der Waals surface area contributed by atoms with Crippen molar-refractivity contribution < 1.29 is 222 Å². The third kappa shape index (κ3) is 13.4. The summed E-state index contributed by atoms with van der Waals surface area (Å²) in [5.74, 6) is -44.2. The predicted octanol–water partition coefficient (Wildman–Crippen LogP) is 8.34. The number of ether oxygens (including phenoxy) is 7. The molecule has 6 unspecified atom stereocenters. The van der Waals surface area contributed by atoms with Gasteiger partial charge in [0.05, 0.1) is 6.61 Å². The van der Waals surface area contributed by atoms with Gasteiger partial charge in [0.15, 0.2) is 0 Å². The Morgan fingerprint density at radius 3 is 0.487 bits per heavy atom. The molecular weight excluding hydrogens is 1240 g/mol. The normalized spacial score (nSPS) is 21.3. The third-order valence-electron chi connectivity index (χ3n) is 9.42. The Labute approximate surface area is 401 Å². The van der Waals surface area contributed by atoms with Crippen LogP contribution >= 0.6 is 0 Å². The van der Waals surface area contributed by atoms with Gasteiger partial charge in [-0.25, -0.2) is 0 Å². The van der Waals surface area contributed by atoms with E-state index in [0.717, 1.165) is 0 Å². The van der Waals surface area contributed by atoms with Crippen LogP contribution in [-0.4, -0.2) is 192 Å². The molecule has 0 fully saturated rings. The van der Waals surface area contributed by atoms with Crippen molar-refractivity contribution in [2.45, 2.75) is 115 Å². The largest absolute Gasteiger partial charge is 0.451 e. The van der Waals surface area contributed by atoms with Crippen LogP contribution in [0.4, 0.5) is 158 Å². The van der Waals surface area contributed by atoms with E-state index in [1.165, 1.54) is 0 Å². The monoisotopic (exact) mass is 1260 g/mol. The second-order valence-corrected chi connectivity index (χ2v) is 14.6. The molecule has 0 bridgehead atoms. The van der Waals surface area contributed by atoms with Crippen LogP contribution in [0.3, 0.4) is 0 Å². The van der Waals surface area contributed by atoms with Crippen LogP contribution in [0.1, 0.15) is 6.42 Å². The molecule has 0 heterocycles. The SMILES string of the molecule is OCC(F)(OC(F)(F)C(CCOCC(C(F)(F)OC(F)(CO)C(F)(F)F)(C(F)(F)OC(F)(CO)C(F)(F)F)C(F)(F)OC(F)(CO)C(F)(F)F)(C(F)(F)OC(F)(CO)C(F)(F)F)C(F)(F)OC(F)(CO)C(F)(F)F)C(F)(F)F. The molecule has 0 aliphatic carbocycles. The van der Waals surface area contributed by atoms with Gasteiger partial charge in [-0.05, 0) is 0 Å². The van der Waals surface area contributed by atoms with E-state index in [9.17, 15) is 105 Å². The molecule has 0 rings (SSSR count). The van der Waals surface area contributed by atoms with Gasteiger partial charge in [0.2, 0.25) is 5.41 Å². The minimum Gasteiger partial charge on any atom is -0.390 e. The van der Waals surface area contributed by atoms with E-state index in [2.05, 4.69) is 4.74 Å². The Kier molecular flexibility index (Phi) is 21.4. The lowest BCUT2D eigenvalue weighted by Crippen LogP contribution is -2.74. The van der Waals surface area contributed by atoms with Gasteiger partial charge < -0.3 is 35.4 Å². The molecule has 0 radical (unpaired) electrons. The van der Waals surface area contributed by atoms with Crippen molar-refractivity contribution in [3.8, 4) is 0 Å². The fourth-order valence-electron chi connectivity index (χ4n) is 4.98. The molecule has 49 heteroatoms. The average Bonchev–Trinajstić information content (AvgIpc) is 3.20. The summed E-state index contributed by atoms with van der Waals surface area (Å²) in [6, 6.07) is 0. The lowest BCUT2D eigenvalue weighted by molar-refractivity contribution is -0.568. The number of halogens is 36. The van der Waals surface area contributed by atoms with E-state index < -0.39 is 179 Å². The first kappa shape index (κ1) is 75.0. The van der Waals surface area contributed by atoms with Crippen LogP contribution in [0.5, 0.6) is 0 Å². The van der Waals surface area contributed by atoms with Gasteiger partial charge in [0, 0.05) is 13.0 Å². The van der Waals surface area contributed by atoms with Gasteiger partial charge in [0.1, 0.15) is 39.6 Å². The first-order chi connectivity index (χ1) is 33.8. The van der Waals surface area contributed by atoms with Crippen molar-refractivity contribution in [2.24, 2.45) is 10.8 Å². The van der Waals surface area contributed by atoms with Gasteiger partial charge >= 0.3 is 109 Å². The molecule has 13 nitrogen and oxygen atoms in total. The van der Waals surface area contributed by atoms with Crippen molar-refractivity contribution in [3.63, 3.8) is 0 Å². The average molecular weight is 1260 g/mol. The van der Waals surface area contributed by atoms with Gasteiger partial charge in [-0.15, -0.1) is 0 Å². The van der Waals surface area contributed by atoms with Crippen molar-refractivity contribution in [2.75, 3.05) is 52.9 Å². The van der Waals surface area contributed by atoms with Crippen molar-refractivity contribution in [1.82, 2.24) is 0 Å². The molecule has 6 N–H and O–H groups in total. The number of hydrogen-bond acceptors (Lipinski definition) is 13. The summed E-state index contributed by atoms with van der Waals surface area (Å²) in [5, 5.41) is 52.2. The fraction of sp³-hybridized carbons (Fsp3) is 1.00. The molecule has 470 valence electrons. The summed E-state index contributed by atoms with van der Waals surface area (Å²) in [4.78, 5) is 0. The summed E-state index contributed by atoms with van der Waals surface area (Å²) in [7, 11) is 0. The van der Waals surface area contributed by atoms with Crippen LogP contribution in [-0.2, 0) is 33.2 Å². The molecule has 0 aliphatic rings. The number of rotatable bonds is 29. The minimum atomic E-state index is -8.97. The van der Waals surface area contributed by atoms with Gasteiger partial charge in [-0.2, -0.15) is 158 Å². The maximum absolute atomic E-state index is 16.0. The smallest absolute Gasteiger partial charge is 0.390 e. The van der Waals surface area contributed by atoms with Crippen LogP contribution < -0.4 is 0 Å². The van der Waals surface area contributed by atoms with Crippen LogP contribution in [0.2, 0.25) is 0 Å². The Balaban J connectivity index is 9.85. The summed E-state index contributed by atoms with van der Waals surface area (Å²) in [5.41, 5.74) is -17.6. The maximum atomic E-state index is 16.0. The molecule has 0 saturated heterocycles. The standard InChI is InChI=1S/C29H24F36O13/c30-12(3-66,18(36,37)38)73-24(54,55)10(25(56,57)74-13(31,4-67)19(39,40)41,26(58,59)75-14(32,5-68)20(42,43)44)1-2-72-9-11(27(60,61)76-15(33,6-69)21(45,46)47,28(62,63)77-16(34,7-70)22(48,49)50)29(64,65)78-17(35,8-71)23(51,52)53/h66-71H,1-9H2. The zero-order valence-corrected chi connectivity index (χ0v) is 35.5. The highest BCUT2D eigenvalue weighted by atomic mass is 19.4. The summed E-state index contributed by atoms with van der Waals surface area (Å²) < 4.78 is 537. The highest BCUT2D eigenvalue weighted by Crippen LogP contribution is 2.67. The van der Waals surface area contributed by atoms with Gasteiger partial charge in [-0.1, -0.05) is 0 Å². The quantitative estimate of drug-likeness (QED) is 0.0311. The maximum Gasteiger partial charge on any atom is 0.451 e. The zero-order valence-electron chi connectivity index (χ0n) is 35.5. The molecule has 0 aromatic carbocycles. The minimum absolute atomic E-state index is 1.86. The van der Waals surface area contributed by atoms with E-state index in [4.69, 9.17) is 30.6 Å². The van der Waals surface area contributed by atoms with Gasteiger partial charge in [0.25, 0.3) is 5.41 Å². The van der Waals surface area contributed by atoms with E-state index >= 15 is 52.7 Å². The molecular formula is C29H24F36O13. The van der Waals surface area contributed by atoms with E-state index in [1.807, 2.05) is 28.4 Å².